The van der Waals surface area contributed by atoms with Gasteiger partial charge in [0.25, 0.3) is 0 Å². The third kappa shape index (κ3) is 6.75. The fourth-order valence-electron chi connectivity index (χ4n) is 0.436. The zero-order chi connectivity index (χ0) is 6.41. The quantitative estimate of drug-likeness (QED) is 0.286. The van der Waals surface area contributed by atoms with Gasteiger partial charge in [-0.15, -0.1) is 0 Å². The summed E-state index contributed by atoms with van der Waals surface area (Å²) in [6, 6.07) is 0. The molecule has 0 atom stereocenters. The molecule has 0 bridgehead atoms. The largest absolute Gasteiger partial charge is 1.00 e. The molecular formula is C8H11K. The summed E-state index contributed by atoms with van der Waals surface area (Å²) < 4.78 is 0. The molecule has 0 N–H and O–H groups in total. The van der Waals surface area contributed by atoms with Crippen LogP contribution in [0, 0.1) is 6.08 Å². The molecule has 0 aromatic carbocycles. The molecule has 0 saturated heterocycles. The van der Waals surface area contributed by atoms with E-state index in [1.165, 1.54) is 0 Å². The predicted molar refractivity (Wildman–Crippen MR) is 37.4 cm³/mol. The summed E-state index contributed by atoms with van der Waals surface area (Å²) in [5, 5.41) is 0. The second kappa shape index (κ2) is 8.86. The van der Waals surface area contributed by atoms with Gasteiger partial charge in [-0.2, -0.15) is 37.0 Å². The Hall–Kier alpha value is 0.856. The summed E-state index contributed by atoms with van der Waals surface area (Å²) in [7, 11) is 0. The molecule has 0 aromatic heterocycles. The zero-order valence-electron chi connectivity index (χ0n) is 6.28. The minimum Gasteiger partial charge on any atom is -0.194 e. The Bertz CT molecular complexity index is 112. The number of rotatable bonds is 3. The van der Waals surface area contributed by atoms with Gasteiger partial charge in [0.15, 0.2) is 0 Å². The van der Waals surface area contributed by atoms with Crippen LogP contribution in [-0.4, -0.2) is 0 Å². The van der Waals surface area contributed by atoms with E-state index in [0.717, 1.165) is 12.0 Å². The number of hydrogen-bond acceptors (Lipinski definition) is 0. The van der Waals surface area contributed by atoms with Gasteiger partial charge in [-0.05, 0) is 0 Å². The number of hydrogen-bond donors (Lipinski definition) is 0. The SMILES string of the molecule is C=C[C-]=C(C=C)CC.[K+]. The standard InChI is InChI=1S/C8H11.K/c1-4-7-8(5-2)6-3;/h4-5H,1-2,6H2,3H3;/q-1;+1. The van der Waals surface area contributed by atoms with Crippen molar-refractivity contribution in [3.63, 3.8) is 0 Å². The Morgan fingerprint density at radius 1 is 1.56 bits per heavy atom. The van der Waals surface area contributed by atoms with Crippen molar-refractivity contribution in [2.45, 2.75) is 13.3 Å². The fourth-order valence-corrected chi connectivity index (χ4v) is 0.436. The molecule has 0 aliphatic carbocycles. The molecule has 0 fully saturated rings. The van der Waals surface area contributed by atoms with Gasteiger partial charge in [0.1, 0.15) is 0 Å². The molecule has 0 spiro atoms. The maximum absolute atomic E-state index is 3.60. The summed E-state index contributed by atoms with van der Waals surface area (Å²) in [5.74, 6) is 0. The second-order valence-electron chi connectivity index (χ2n) is 1.43. The molecule has 0 rings (SSSR count). The molecule has 0 aliphatic heterocycles. The Morgan fingerprint density at radius 3 is 2.22 bits per heavy atom. The average molecular weight is 146 g/mol. The average Bonchev–Trinajstić information content (AvgIpc) is 1.83. The molecule has 0 saturated carbocycles. The summed E-state index contributed by atoms with van der Waals surface area (Å²) in [6.07, 6.45) is 7.37. The van der Waals surface area contributed by atoms with Gasteiger partial charge in [-0.1, -0.05) is 13.3 Å². The van der Waals surface area contributed by atoms with E-state index < -0.39 is 0 Å². The van der Waals surface area contributed by atoms with Crippen LogP contribution in [-0.2, 0) is 0 Å². The van der Waals surface area contributed by atoms with Gasteiger partial charge in [0.2, 0.25) is 0 Å². The molecule has 0 aromatic rings. The molecular weight excluding hydrogens is 135 g/mol. The molecule has 9 heavy (non-hydrogen) atoms. The van der Waals surface area contributed by atoms with E-state index in [1.807, 2.05) is 0 Å². The molecule has 1 heteroatoms. The predicted octanol–water partition coefficient (Wildman–Crippen LogP) is -0.498. The Balaban J connectivity index is 0. The Morgan fingerprint density at radius 2 is 2.11 bits per heavy atom. The molecule has 0 nitrogen and oxygen atoms in total. The molecule has 44 valence electrons. The van der Waals surface area contributed by atoms with E-state index in [9.17, 15) is 0 Å². The maximum atomic E-state index is 3.60. The summed E-state index contributed by atoms with van der Waals surface area (Å²) >= 11 is 0. The van der Waals surface area contributed by atoms with Crippen molar-refractivity contribution in [3.8, 4) is 0 Å². The molecule has 0 heterocycles. The molecule has 0 unspecified atom stereocenters. The monoisotopic (exact) mass is 146 g/mol. The van der Waals surface area contributed by atoms with E-state index in [2.05, 4.69) is 26.2 Å². The van der Waals surface area contributed by atoms with Crippen LogP contribution in [0.3, 0.4) is 0 Å². The summed E-state index contributed by atoms with van der Waals surface area (Å²) in [6.45, 7) is 9.18. The van der Waals surface area contributed by atoms with Crippen molar-refractivity contribution >= 4 is 0 Å². The van der Waals surface area contributed by atoms with Gasteiger partial charge in [0, 0.05) is 0 Å². The van der Waals surface area contributed by atoms with Crippen LogP contribution in [0.2, 0.25) is 0 Å². The van der Waals surface area contributed by atoms with Crippen LogP contribution in [0.15, 0.2) is 30.9 Å². The first kappa shape index (κ1) is 12.5. The van der Waals surface area contributed by atoms with E-state index >= 15 is 0 Å². The number of allylic oxidation sites excluding steroid dienone is 4. The van der Waals surface area contributed by atoms with Crippen LogP contribution in [0.1, 0.15) is 13.3 Å². The molecule has 0 radical (unpaired) electrons. The van der Waals surface area contributed by atoms with Gasteiger partial charge in [0.05, 0.1) is 0 Å². The summed E-state index contributed by atoms with van der Waals surface area (Å²) in [5.41, 5.74) is 1.11. The van der Waals surface area contributed by atoms with E-state index in [-0.39, 0.29) is 51.4 Å². The summed E-state index contributed by atoms with van der Waals surface area (Å²) in [4.78, 5) is 0. The van der Waals surface area contributed by atoms with Crippen molar-refractivity contribution in [3.05, 3.63) is 37.0 Å². The van der Waals surface area contributed by atoms with E-state index in [1.54, 1.807) is 12.2 Å². The van der Waals surface area contributed by atoms with Crippen LogP contribution in [0.5, 0.6) is 0 Å². The third-order valence-corrected chi connectivity index (χ3v) is 0.915. The minimum absolute atomic E-state index is 0. The normalized spacial score (nSPS) is 9.67. The van der Waals surface area contributed by atoms with Crippen LogP contribution < -0.4 is 51.4 Å². The molecule has 0 aliphatic rings. The second-order valence-corrected chi connectivity index (χ2v) is 1.43. The van der Waals surface area contributed by atoms with Gasteiger partial charge < -0.3 is 0 Å². The zero-order valence-corrected chi connectivity index (χ0v) is 9.40. The van der Waals surface area contributed by atoms with Gasteiger partial charge >= 0.3 is 51.4 Å². The minimum atomic E-state index is 0. The van der Waals surface area contributed by atoms with Crippen LogP contribution in [0.4, 0.5) is 0 Å². The van der Waals surface area contributed by atoms with Gasteiger partial charge in [-0.25, -0.2) is 0 Å². The molecule has 0 amide bonds. The van der Waals surface area contributed by atoms with Crippen molar-refractivity contribution < 1.29 is 51.4 Å². The van der Waals surface area contributed by atoms with E-state index in [4.69, 9.17) is 0 Å². The van der Waals surface area contributed by atoms with Crippen molar-refractivity contribution in [2.75, 3.05) is 0 Å². The van der Waals surface area contributed by atoms with Crippen molar-refractivity contribution in [2.24, 2.45) is 0 Å². The Labute approximate surface area is 100 Å². The first-order valence-electron chi connectivity index (χ1n) is 2.70. The van der Waals surface area contributed by atoms with Crippen LogP contribution in [0.25, 0.3) is 0 Å². The van der Waals surface area contributed by atoms with Crippen LogP contribution >= 0.6 is 0 Å². The third-order valence-electron chi connectivity index (χ3n) is 0.915. The topological polar surface area (TPSA) is 0 Å². The first-order chi connectivity index (χ1) is 3.85. The Kier molecular flexibility index (Phi) is 12.3. The van der Waals surface area contributed by atoms with E-state index in [0.29, 0.717) is 0 Å². The maximum Gasteiger partial charge on any atom is 1.00 e. The fraction of sp³-hybridized carbons (Fsp3) is 0.250. The first-order valence-corrected chi connectivity index (χ1v) is 2.70. The smallest absolute Gasteiger partial charge is 0.194 e. The van der Waals surface area contributed by atoms with Gasteiger partial charge in [-0.3, -0.25) is 0 Å². The van der Waals surface area contributed by atoms with Crippen molar-refractivity contribution in [1.82, 2.24) is 0 Å². The van der Waals surface area contributed by atoms with Crippen molar-refractivity contribution in [1.29, 1.82) is 0 Å².